The van der Waals surface area contributed by atoms with Gasteiger partial charge in [-0.1, -0.05) is 0 Å². The summed E-state index contributed by atoms with van der Waals surface area (Å²) in [6.45, 7) is 3.25. The molecule has 3 aromatic heterocycles. The van der Waals surface area contributed by atoms with Gasteiger partial charge < -0.3 is 19.9 Å². The SMILES string of the molecule is O=c1[nH]ccc2cc(-c3cnccn3)nc(Nc3ccc(N4CCOCC4)cc3)c12. The molecule has 0 spiro atoms. The van der Waals surface area contributed by atoms with Crippen molar-refractivity contribution in [2.75, 3.05) is 36.5 Å². The van der Waals surface area contributed by atoms with Crippen LogP contribution in [-0.4, -0.2) is 46.2 Å². The van der Waals surface area contributed by atoms with Crippen molar-refractivity contribution in [1.82, 2.24) is 19.9 Å². The third-order valence-corrected chi connectivity index (χ3v) is 5.09. The van der Waals surface area contributed by atoms with Crippen LogP contribution in [-0.2, 0) is 4.74 Å². The second-order valence-electron chi connectivity index (χ2n) is 6.99. The molecule has 5 rings (SSSR count). The topological polar surface area (TPSA) is 96.0 Å². The number of hydrogen-bond acceptors (Lipinski definition) is 7. The van der Waals surface area contributed by atoms with Crippen molar-refractivity contribution in [3.8, 4) is 11.4 Å². The number of rotatable bonds is 4. The first-order chi connectivity index (χ1) is 14.8. The Kier molecular flexibility index (Phi) is 4.82. The van der Waals surface area contributed by atoms with Gasteiger partial charge >= 0.3 is 0 Å². The highest BCUT2D eigenvalue weighted by atomic mass is 16.5. The van der Waals surface area contributed by atoms with Crippen LogP contribution in [0, 0.1) is 0 Å². The Bertz CT molecular complexity index is 1220. The Labute approximate surface area is 172 Å². The molecule has 0 bridgehead atoms. The summed E-state index contributed by atoms with van der Waals surface area (Å²) in [5.74, 6) is 0.481. The molecule has 1 fully saturated rings. The molecule has 150 valence electrons. The number of hydrogen-bond donors (Lipinski definition) is 2. The fraction of sp³-hybridized carbons (Fsp3) is 0.182. The van der Waals surface area contributed by atoms with Gasteiger partial charge in [-0.05, 0) is 41.8 Å². The number of ether oxygens (including phenoxy) is 1. The minimum atomic E-state index is -0.196. The van der Waals surface area contributed by atoms with Crippen molar-refractivity contribution < 1.29 is 4.74 Å². The van der Waals surface area contributed by atoms with Crippen LogP contribution < -0.4 is 15.8 Å². The van der Waals surface area contributed by atoms with Crippen LogP contribution >= 0.6 is 0 Å². The van der Waals surface area contributed by atoms with Crippen molar-refractivity contribution in [2.45, 2.75) is 0 Å². The van der Waals surface area contributed by atoms with Crippen molar-refractivity contribution in [2.24, 2.45) is 0 Å². The molecule has 1 aromatic carbocycles. The zero-order chi connectivity index (χ0) is 20.3. The van der Waals surface area contributed by atoms with Gasteiger partial charge in [0.25, 0.3) is 5.56 Å². The smallest absolute Gasteiger partial charge is 0.259 e. The molecule has 1 saturated heterocycles. The van der Waals surface area contributed by atoms with Crippen molar-refractivity contribution in [3.05, 3.63) is 71.5 Å². The fourth-order valence-corrected chi connectivity index (χ4v) is 3.58. The predicted octanol–water partition coefficient (Wildman–Crippen LogP) is 2.96. The number of benzene rings is 1. The van der Waals surface area contributed by atoms with E-state index in [-0.39, 0.29) is 5.56 Å². The quantitative estimate of drug-likeness (QED) is 0.544. The number of nitrogens with one attached hydrogen (secondary N) is 2. The molecule has 4 heterocycles. The highest BCUT2D eigenvalue weighted by molar-refractivity contribution is 5.94. The maximum atomic E-state index is 12.5. The lowest BCUT2D eigenvalue weighted by Crippen LogP contribution is -2.36. The van der Waals surface area contributed by atoms with Crippen LogP contribution in [0.2, 0.25) is 0 Å². The first kappa shape index (κ1) is 18.3. The third kappa shape index (κ3) is 3.60. The number of aromatic nitrogens is 4. The Morgan fingerprint density at radius 2 is 1.87 bits per heavy atom. The van der Waals surface area contributed by atoms with E-state index < -0.39 is 0 Å². The number of nitrogens with zero attached hydrogens (tertiary/aromatic N) is 4. The number of fused-ring (bicyclic) bond motifs is 1. The van der Waals surface area contributed by atoms with E-state index in [1.807, 2.05) is 24.3 Å². The summed E-state index contributed by atoms with van der Waals surface area (Å²) in [5.41, 5.74) is 3.09. The number of H-pyrrole nitrogens is 1. The van der Waals surface area contributed by atoms with Crippen LogP contribution in [0.25, 0.3) is 22.2 Å². The van der Waals surface area contributed by atoms with E-state index in [4.69, 9.17) is 4.74 Å². The molecule has 1 aliphatic heterocycles. The van der Waals surface area contributed by atoms with Crippen LogP contribution in [0.3, 0.4) is 0 Å². The van der Waals surface area contributed by atoms with Crippen molar-refractivity contribution in [3.63, 3.8) is 0 Å². The zero-order valence-electron chi connectivity index (χ0n) is 16.2. The standard InChI is InChI=1S/C22H20N6O2/c29-22-20-15(5-6-25-22)13-18(19-14-23-7-8-24-19)27-21(20)26-16-1-3-17(4-2-16)28-9-11-30-12-10-28/h1-8,13-14H,9-12H2,(H,25,29)(H,26,27). The summed E-state index contributed by atoms with van der Waals surface area (Å²) >= 11 is 0. The van der Waals surface area contributed by atoms with Crippen LogP contribution in [0.1, 0.15) is 0 Å². The molecule has 0 atom stereocenters. The van der Waals surface area contributed by atoms with E-state index in [0.717, 1.165) is 43.1 Å². The summed E-state index contributed by atoms with van der Waals surface area (Å²) in [6, 6.07) is 11.8. The molecule has 0 unspecified atom stereocenters. The first-order valence-electron chi connectivity index (χ1n) is 9.76. The average Bonchev–Trinajstić information content (AvgIpc) is 2.81. The lowest BCUT2D eigenvalue weighted by Gasteiger charge is -2.28. The molecule has 0 aliphatic carbocycles. The summed E-state index contributed by atoms with van der Waals surface area (Å²) in [7, 11) is 0. The monoisotopic (exact) mass is 400 g/mol. The summed E-state index contributed by atoms with van der Waals surface area (Å²) in [6.07, 6.45) is 6.52. The first-order valence-corrected chi connectivity index (χ1v) is 9.76. The fourth-order valence-electron chi connectivity index (χ4n) is 3.58. The molecule has 8 nitrogen and oxygen atoms in total. The van der Waals surface area contributed by atoms with Gasteiger partial charge in [0.05, 0.1) is 30.5 Å². The molecule has 0 amide bonds. The van der Waals surface area contributed by atoms with Crippen LogP contribution in [0.5, 0.6) is 0 Å². The van der Waals surface area contributed by atoms with Gasteiger partial charge in [-0.15, -0.1) is 0 Å². The van der Waals surface area contributed by atoms with Crippen LogP contribution in [0.4, 0.5) is 17.2 Å². The van der Waals surface area contributed by atoms with Crippen molar-refractivity contribution >= 4 is 28.0 Å². The largest absolute Gasteiger partial charge is 0.378 e. The van der Waals surface area contributed by atoms with E-state index >= 15 is 0 Å². The number of pyridine rings is 2. The highest BCUT2D eigenvalue weighted by Crippen LogP contribution is 2.27. The summed E-state index contributed by atoms with van der Waals surface area (Å²) < 4.78 is 5.42. The summed E-state index contributed by atoms with van der Waals surface area (Å²) in [5, 5.41) is 4.59. The Morgan fingerprint density at radius 1 is 1.03 bits per heavy atom. The lowest BCUT2D eigenvalue weighted by molar-refractivity contribution is 0.122. The van der Waals surface area contributed by atoms with E-state index in [1.54, 1.807) is 24.8 Å². The van der Waals surface area contributed by atoms with Gasteiger partial charge in [0.15, 0.2) is 0 Å². The molecule has 4 aromatic rings. The normalized spacial score (nSPS) is 14.1. The second-order valence-corrected chi connectivity index (χ2v) is 6.99. The van der Waals surface area contributed by atoms with Gasteiger partial charge in [0.2, 0.25) is 0 Å². The van der Waals surface area contributed by atoms with Crippen molar-refractivity contribution in [1.29, 1.82) is 0 Å². The zero-order valence-corrected chi connectivity index (χ0v) is 16.2. The highest BCUT2D eigenvalue weighted by Gasteiger charge is 2.14. The molecule has 1 aliphatic rings. The molecule has 0 radical (unpaired) electrons. The average molecular weight is 400 g/mol. The minimum absolute atomic E-state index is 0.196. The van der Waals surface area contributed by atoms with E-state index in [9.17, 15) is 4.79 Å². The van der Waals surface area contributed by atoms with E-state index in [2.05, 4.69) is 42.3 Å². The third-order valence-electron chi connectivity index (χ3n) is 5.09. The molecular formula is C22H20N6O2. The van der Waals surface area contributed by atoms with E-state index in [0.29, 0.717) is 22.6 Å². The Hall–Kier alpha value is -3.78. The number of anilines is 3. The van der Waals surface area contributed by atoms with Gasteiger partial charge in [0.1, 0.15) is 11.5 Å². The Balaban J connectivity index is 1.52. The number of aromatic amines is 1. The molecule has 0 saturated carbocycles. The Morgan fingerprint density at radius 3 is 2.63 bits per heavy atom. The second kappa shape index (κ2) is 7.92. The molecule has 2 N–H and O–H groups in total. The molecular weight excluding hydrogens is 380 g/mol. The van der Waals surface area contributed by atoms with Gasteiger partial charge in [-0.3, -0.25) is 14.8 Å². The van der Waals surface area contributed by atoms with Gasteiger partial charge in [0, 0.05) is 43.1 Å². The van der Waals surface area contributed by atoms with E-state index in [1.165, 1.54) is 0 Å². The molecule has 30 heavy (non-hydrogen) atoms. The van der Waals surface area contributed by atoms with Gasteiger partial charge in [-0.2, -0.15) is 0 Å². The lowest BCUT2D eigenvalue weighted by atomic mass is 10.1. The van der Waals surface area contributed by atoms with Gasteiger partial charge in [-0.25, -0.2) is 4.98 Å². The van der Waals surface area contributed by atoms with Crippen LogP contribution in [0.15, 0.2) is 66.0 Å². The predicted molar refractivity (Wildman–Crippen MR) is 116 cm³/mol. The maximum absolute atomic E-state index is 12.5. The minimum Gasteiger partial charge on any atom is -0.378 e. The number of morpholine rings is 1. The maximum Gasteiger partial charge on any atom is 0.259 e. The summed E-state index contributed by atoms with van der Waals surface area (Å²) in [4.78, 5) is 30.7. The molecule has 8 heteroatoms.